The Hall–Kier alpha value is -0.952. The van der Waals surface area contributed by atoms with Crippen molar-refractivity contribution in [2.24, 2.45) is 0 Å². The second kappa shape index (κ2) is 13.1. The Morgan fingerprint density at radius 2 is 0.781 bits per heavy atom. The minimum absolute atomic E-state index is 0. The van der Waals surface area contributed by atoms with E-state index >= 15 is 0 Å². The van der Waals surface area contributed by atoms with Crippen LogP contribution in [0.5, 0.6) is 0 Å². The van der Waals surface area contributed by atoms with Crippen molar-refractivity contribution >= 4 is 11.4 Å². The molecule has 0 aromatic heterocycles. The van der Waals surface area contributed by atoms with E-state index in [4.69, 9.17) is 0 Å². The third kappa shape index (κ3) is 6.34. The van der Waals surface area contributed by atoms with E-state index in [9.17, 15) is 0 Å². The zero-order chi connectivity index (χ0) is 21.3. The maximum absolute atomic E-state index is 2.33. The molecule has 2 nitrogen and oxygen atoms in total. The van der Waals surface area contributed by atoms with Crippen molar-refractivity contribution in [2.45, 2.75) is 79.1 Å². The molecule has 32 heavy (non-hydrogen) atoms. The third-order valence-electron chi connectivity index (χ3n) is 5.84. The molecule has 1 heterocycles. The maximum atomic E-state index is 2.33. The molecule has 1 aliphatic rings. The summed E-state index contributed by atoms with van der Waals surface area (Å²) >= 11 is 0. The van der Waals surface area contributed by atoms with Crippen molar-refractivity contribution < 1.29 is 47.3 Å². The summed E-state index contributed by atoms with van der Waals surface area (Å²) in [5.74, 6) is 1.92. The SMILES string of the molecule is CC(C)c1cccc(C(C)C)c1N1[CH]N(c2c(C(C)C)cccc2C(C)C)C=C1.[Cl-].[Cl-].[HH].[Pt+2]. The van der Waals surface area contributed by atoms with E-state index in [1.165, 1.54) is 33.6 Å². The molecule has 3 rings (SSSR count). The van der Waals surface area contributed by atoms with Crippen molar-refractivity contribution in [3.05, 3.63) is 77.7 Å². The van der Waals surface area contributed by atoms with Crippen molar-refractivity contribution in [1.82, 2.24) is 0 Å². The summed E-state index contributed by atoms with van der Waals surface area (Å²) < 4.78 is 0. The predicted molar refractivity (Wildman–Crippen MR) is 130 cm³/mol. The third-order valence-corrected chi connectivity index (χ3v) is 5.84. The monoisotopic (exact) mass is 656 g/mol. The van der Waals surface area contributed by atoms with E-state index in [2.05, 4.69) is 121 Å². The number of hydrogen-bond donors (Lipinski definition) is 0. The van der Waals surface area contributed by atoms with Gasteiger partial charge in [-0.1, -0.05) is 91.8 Å². The van der Waals surface area contributed by atoms with Gasteiger partial charge in [0, 0.05) is 25.2 Å². The fourth-order valence-corrected chi connectivity index (χ4v) is 4.24. The molecule has 1 aliphatic heterocycles. The zero-order valence-corrected chi connectivity index (χ0v) is 24.3. The predicted octanol–water partition coefficient (Wildman–Crippen LogP) is 2.35. The standard InChI is InChI=1S/C27H37N2.2ClH.Pt.H2/c1-18(2)22-11-9-12-23(19(3)4)26(22)28-15-16-29(17-28)27-24(20(5)6)13-10-14-25(27)21(7)8;;;;/h9-21H,1-8H3;2*1H;;1H/q;;;+2;/p-2. The van der Waals surface area contributed by atoms with Crippen LogP contribution in [0.15, 0.2) is 48.8 Å². The van der Waals surface area contributed by atoms with Gasteiger partial charge < -0.3 is 34.6 Å². The van der Waals surface area contributed by atoms with Gasteiger partial charge in [-0.05, 0) is 45.9 Å². The van der Waals surface area contributed by atoms with Gasteiger partial charge in [-0.25, -0.2) is 0 Å². The van der Waals surface area contributed by atoms with Crippen molar-refractivity contribution in [3.8, 4) is 0 Å². The van der Waals surface area contributed by atoms with Gasteiger partial charge in [0.2, 0.25) is 0 Å². The van der Waals surface area contributed by atoms with E-state index in [1.54, 1.807) is 0 Å². The second-order valence-electron chi connectivity index (χ2n) is 9.42. The van der Waals surface area contributed by atoms with Crippen LogP contribution in [0.3, 0.4) is 0 Å². The Morgan fingerprint density at radius 1 is 0.531 bits per heavy atom. The quantitative estimate of drug-likeness (QED) is 0.471. The van der Waals surface area contributed by atoms with Crippen molar-refractivity contribution in [3.63, 3.8) is 0 Å². The van der Waals surface area contributed by atoms with Crippen LogP contribution in [0.2, 0.25) is 0 Å². The topological polar surface area (TPSA) is 6.48 Å². The summed E-state index contributed by atoms with van der Waals surface area (Å²) in [5.41, 5.74) is 8.29. The summed E-state index contributed by atoms with van der Waals surface area (Å²) in [4.78, 5) is 4.65. The fraction of sp³-hybridized carbons (Fsp3) is 0.444. The van der Waals surface area contributed by atoms with E-state index in [0.717, 1.165) is 0 Å². The first-order chi connectivity index (χ1) is 13.7. The van der Waals surface area contributed by atoms with Gasteiger partial charge in [-0.2, -0.15) is 0 Å². The molecule has 0 amide bonds. The first-order valence-corrected chi connectivity index (χ1v) is 11.1. The molecule has 1 radical (unpaired) electrons. The molecule has 0 spiro atoms. The van der Waals surface area contributed by atoms with Gasteiger partial charge >= 0.3 is 21.1 Å². The van der Waals surface area contributed by atoms with Crippen LogP contribution in [-0.4, -0.2) is 0 Å². The van der Waals surface area contributed by atoms with Gasteiger partial charge in [-0.3, -0.25) is 0 Å². The van der Waals surface area contributed by atoms with Crippen molar-refractivity contribution in [2.75, 3.05) is 9.80 Å². The van der Waals surface area contributed by atoms with Gasteiger partial charge in [0.25, 0.3) is 0 Å². The van der Waals surface area contributed by atoms with Gasteiger partial charge in [0.05, 0.1) is 0 Å². The van der Waals surface area contributed by atoms with Gasteiger partial charge in [-0.15, -0.1) is 0 Å². The Labute approximate surface area is 224 Å². The number of halogens is 2. The maximum Gasteiger partial charge on any atom is 2.00 e. The number of hydrogen-bond acceptors (Lipinski definition) is 2. The summed E-state index contributed by atoms with van der Waals surface area (Å²) in [6.07, 6.45) is 4.43. The normalized spacial score (nSPS) is 13.0. The number of benzene rings is 2. The molecule has 2 aromatic carbocycles. The molecule has 0 aliphatic carbocycles. The van der Waals surface area contributed by atoms with E-state index < -0.39 is 0 Å². The van der Waals surface area contributed by atoms with Crippen molar-refractivity contribution in [1.29, 1.82) is 0 Å². The Balaban J connectivity index is 0. The van der Waals surface area contributed by atoms with Crippen LogP contribution >= 0.6 is 0 Å². The molecular weight excluding hydrogens is 618 g/mol. The largest absolute Gasteiger partial charge is 2.00 e. The molecule has 2 aromatic rings. The molecule has 0 bridgehead atoms. The van der Waals surface area contributed by atoms with Gasteiger partial charge in [0.1, 0.15) is 0 Å². The summed E-state index contributed by atoms with van der Waals surface area (Å²) in [6.45, 7) is 20.5. The minimum atomic E-state index is 0. The Bertz CT molecular complexity index is 774. The van der Waals surface area contributed by atoms with Crippen LogP contribution in [0.1, 0.15) is 103 Å². The average Bonchev–Trinajstić information content (AvgIpc) is 3.15. The number of rotatable bonds is 6. The second-order valence-corrected chi connectivity index (χ2v) is 9.42. The van der Waals surface area contributed by atoms with Crippen LogP contribution < -0.4 is 34.6 Å². The number of anilines is 2. The summed E-state index contributed by atoms with van der Waals surface area (Å²) in [7, 11) is 0. The molecule has 0 fully saturated rings. The minimum Gasteiger partial charge on any atom is -1.00 e. The molecule has 5 heteroatoms. The summed E-state index contributed by atoms with van der Waals surface area (Å²) in [6, 6.07) is 13.5. The molecule has 0 saturated carbocycles. The molecule has 0 N–H and O–H groups in total. The van der Waals surface area contributed by atoms with E-state index in [1.807, 2.05) is 0 Å². The molecule has 0 unspecified atom stereocenters. The molecular formula is C27H39Cl2N2Pt. The van der Waals surface area contributed by atoms with Crippen LogP contribution in [0.4, 0.5) is 11.4 Å². The fourth-order valence-electron chi connectivity index (χ4n) is 4.24. The van der Waals surface area contributed by atoms with Gasteiger partial charge in [0.15, 0.2) is 6.67 Å². The average molecular weight is 658 g/mol. The first-order valence-electron chi connectivity index (χ1n) is 11.1. The van der Waals surface area contributed by atoms with Crippen LogP contribution in [0, 0.1) is 6.67 Å². The van der Waals surface area contributed by atoms with E-state index in [-0.39, 0.29) is 47.3 Å². The Kier molecular flexibility index (Phi) is 12.7. The Morgan fingerprint density at radius 3 is 1.00 bits per heavy atom. The molecule has 181 valence electrons. The van der Waals surface area contributed by atoms with Crippen LogP contribution in [0.25, 0.3) is 0 Å². The smallest absolute Gasteiger partial charge is 1.00 e. The summed E-state index contributed by atoms with van der Waals surface area (Å²) in [5, 5.41) is 0. The molecule has 0 saturated heterocycles. The van der Waals surface area contributed by atoms with E-state index in [0.29, 0.717) is 23.7 Å². The number of para-hydroxylation sites is 2. The van der Waals surface area contributed by atoms with Crippen LogP contribution in [-0.2, 0) is 21.1 Å². The number of nitrogens with zero attached hydrogens (tertiary/aromatic N) is 2. The molecule has 0 atom stereocenters. The first kappa shape index (κ1) is 31.0. The zero-order valence-electron chi connectivity index (χ0n) is 20.5.